The Hall–Kier alpha value is -1.13. The van der Waals surface area contributed by atoms with Crippen molar-refractivity contribution in [3.63, 3.8) is 0 Å². The summed E-state index contributed by atoms with van der Waals surface area (Å²) in [5.41, 5.74) is 6.45. The van der Waals surface area contributed by atoms with Crippen LogP contribution >= 0.6 is 0 Å². The van der Waals surface area contributed by atoms with Gasteiger partial charge in [-0.25, -0.2) is 4.39 Å². The molecule has 3 nitrogen and oxygen atoms in total. The molecule has 112 valence electrons. The van der Waals surface area contributed by atoms with Crippen molar-refractivity contribution in [3.8, 4) is 5.75 Å². The first-order valence-electron chi connectivity index (χ1n) is 7.42. The third kappa shape index (κ3) is 4.18. The van der Waals surface area contributed by atoms with Crippen LogP contribution in [0, 0.1) is 11.7 Å². The maximum atomic E-state index is 13.2. The number of nitrogens with two attached hydrogens (primary N) is 1. The molecule has 4 heteroatoms. The molecule has 0 amide bonds. The van der Waals surface area contributed by atoms with Crippen LogP contribution < -0.4 is 10.5 Å². The van der Waals surface area contributed by atoms with Gasteiger partial charge in [0.05, 0.1) is 6.10 Å². The molecule has 1 aliphatic rings. The number of aliphatic hydroxyl groups excluding tert-OH is 1. The van der Waals surface area contributed by atoms with E-state index in [2.05, 4.69) is 0 Å². The van der Waals surface area contributed by atoms with E-state index in [0.717, 1.165) is 6.42 Å². The van der Waals surface area contributed by atoms with Gasteiger partial charge in [-0.05, 0) is 37.5 Å². The second kappa shape index (κ2) is 7.04. The molecule has 1 unspecified atom stereocenters. The summed E-state index contributed by atoms with van der Waals surface area (Å²) in [7, 11) is 0. The van der Waals surface area contributed by atoms with Crippen LogP contribution in [0.5, 0.6) is 5.75 Å². The van der Waals surface area contributed by atoms with Gasteiger partial charge in [-0.3, -0.25) is 0 Å². The highest BCUT2D eigenvalue weighted by Gasteiger charge is 2.19. The molecule has 20 heavy (non-hydrogen) atoms. The molecule has 1 aromatic carbocycles. The SMILES string of the molecule is C[C@@H](N)c1cc(F)ccc1OCC(O)CC1CCCC1. The maximum absolute atomic E-state index is 13.2. The van der Waals surface area contributed by atoms with E-state index in [-0.39, 0.29) is 18.5 Å². The van der Waals surface area contributed by atoms with Crippen molar-refractivity contribution in [3.05, 3.63) is 29.6 Å². The second-order valence-electron chi connectivity index (χ2n) is 5.82. The highest BCUT2D eigenvalue weighted by atomic mass is 19.1. The van der Waals surface area contributed by atoms with Gasteiger partial charge in [0.1, 0.15) is 18.2 Å². The van der Waals surface area contributed by atoms with Crippen molar-refractivity contribution in [2.45, 2.75) is 51.2 Å². The lowest BCUT2D eigenvalue weighted by Gasteiger charge is -2.18. The monoisotopic (exact) mass is 281 g/mol. The fourth-order valence-electron chi connectivity index (χ4n) is 2.89. The third-order valence-corrected chi connectivity index (χ3v) is 3.97. The quantitative estimate of drug-likeness (QED) is 0.842. The fraction of sp³-hybridized carbons (Fsp3) is 0.625. The van der Waals surface area contributed by atoms with Gasteiger partial charge in [0.25, 0.3) is 0 Å². The van der Waals surface area contributed by atoms with E-state index >= 15 is 0 Å². The Bertz CT molecular complexity index is 430. The van der Waals surface area contributed by atoms with Crippen LogP contribution in [0.1, 0.15) is 50.6 Å². The molecule has 0 aliphatic heterocycles. The van der Waals surface area contributed by atoms with Gasteiger partial charge in [0, 0.05) is 11.6 Å². The van der Waals surface area contributed by atoms with Crippen LogP contribution in [-0.2, 0) is 0 Å². The predicted molar refractivity (Wildman–Crippen MR) is 77.1 cm³/mol. The number of benzene rings is 1. The average Bonchev–Trinajstić information content (AvgIpc) is 2.90. The molecule has 2 rings (SSSR count). The minimum atomic E-state index is -0.468. The van der Waals surface area contributed by atoms with E-state index in [1.807, 2.05) is 0 Å². The Kier molecular flexibility index (Phi) is 5.38. The van der Waals surface area contributed by atoms with Crippen LogP contribution in [0.3, 0.4) is 0 Å². The van der Waals surface area contributed by atoms with E-state index in [0.29, 0.717) is 17.2 Å². The first-order chi connectivity index (χ1) is 9.56. The van der Waals surface area contributed by atoms with Crippen molar-refractivity contribution < 1.29 is 14.2 Å². The second-order valence-corrected chi connectivity index (χ2v) is 5.82. The molecular weight excluding hydrogens is 257 g/mol. The van der Waals surface area contributed by atoms with E-state index in [4.69, 9.17) is 10.5 Å². The van der Waals surface area contributed by atoms with Crippen LogP contribution in [0.4, 0.5) is 4.39 Å². The number of halogens is 1. The van der Waals surface area contributed by atoms with E-state index in [1.54, 1.807) is 13.0 Å². The highest BCUT2D eigenvalue weighted by Crippen LogP contribution is 2.29. The molecule has 1 saturated carbocycles. The van der Waals surface area contributed by atoms with Crippen molar-refractivity contribution in [1.82, 2.24) is 0 Å². The Balaban J connectivity index is 1.89. The van der Waals surface area contributed by atoms with Gasteiger partial charge in [0.15, 0.2) is 0 Å². The molecule has 0 aromatic heterocycles. The molecule has 0 spiro atoms. The average molecular weight is 281 g/mol. The zero-order chi connectivity index (χ0) is 14.5. The number of ether oxygens (including phenoxy) is 1. The number of hydrogen-bond donors (Lipinski definition) is 2. The molecule has 1 aromatic rings. The first-order valence-corrected chi connectivity index (χ1v) is 7.42. The Morgan fingerprint density at radius 3 is 2.75 bits per heavy atom. The summed E-state index contributed by atoms with van der Waals surface area (Å²) in [4.78, 5) is 0. The molecular formula is C16H24FNO2. The molecule has 2 atom stereocenters. The van der Waals surface area contributed by atoms with Crippen molar-refractivity contribution in [1.29, 1.82) is 0 Å². The molecule has 0 bridgehead atoms. The van der Waals surface area contributed by atoms with Gasteiger partial charge in [0.2, 0.25) is 0 Å². The topological polar surface area (TPSA) is 55.5 Å². The van der Waals surface area contributed by atoms with Crippen LogP contribution in [0.15, 0.2) is 18.2 Å². The standard InChI is InChI=1S/C16H24FNO2/c1-11(18)15-9-13(17)6-7-16(15)20-10-14(19)8-12-4-2-3-5-12/h6-7,9,11-12,14,19H,2-5,8,10,18H2,1H3/t11-,14?/m1/s1. The molecule has 3 N–H and O–H groups in total. The number of aliphatic hydroxyl groups is 1. The van der Waals surface area contributed by atoms with Crippen molar-refractivity contribution in [2.75, 3.05) is 6.61 Å². The Morgan fingerprint density at radius 2 is 2.10 bits per heavy atom. The normalized spacial score (nSPS) is 19.0. The lowest BCUT2D eigenvalue weighted by Crippen LogP contribution is -2.21. The summed E-state index contributed by atoms with van der Waals surface area (Å²) in [6, 6.07) is 4.03. The zero-order valence-corrected chi connectivity index (χ0v) is 12.0. The van der Waals surface area contributed by atoms with Crippen LogP contribution in [0.25, 0.3) is 0 Å². The van der Waals surface area contributed by atoms with E-state index in [9.17, 15) is 9.50 Å². The zero-order valence-electron chi connectivity index (χ0n) is 12.0. The van der Waals surface area contributed by atoms with Crippen LogP contribution in [0.2, 0.25) is 0 Å². The summed E-state index contributed by atoms with van der Waals surface area (Å²) in [5, 5.41) is 10.0. The molecule has 0 heterocycles. The van der Waals surface area contributed by atoms with Gasteiger partial charge < -0.3 is 15.6 Å². The lowest BCUT2D eigenvalue weighted by molar-refractivity contribution is 0.0849. The lowest BCUT2D eigenvalue weighted by atomic mass is 10.0. The van der Waals surface area contributed by atoms with Gasteiger partial charge >= 0.3 is 0 Å². The van der Waals surface area contributed by atoms with E-state index < -0.39 is 6.10 Å². The molecule has 1 fully saturated rings. The maximum Gasteiger partial charge on any atom is 0.124 e. The van der Waals surface area contributed by atoms with Crippen molar-refractivity contribution >= 4 is 0 Å². The molecule has 1 aliphatic carbocycles. The summed E-state index contributed by atoms with van der Waals surface area (Å²) < 4.78 is 18.8. The Labute approximate surface area is 119 Å². The summed E-state index contributed by atoms with van der Waals surface area (Å²) in [6.45, 7) is 2.03. The molecule has 0 radical (unpaired) electrons. The van der Waals surface area contributed by atoms with Gasteiger partial charge in [-0.1, -0.05) is 25.7 Å². The smallest absolute Gasteiger partial charge is 0.124 e. The fourth-order valence-corrected chi connectivity index (χ4v) is 2.89. The van der Waals surface area contributed by atoms with Crippen LogP contribution in [-0.4, -0.2) is 17.8 Å². The Morgan fingerprint density at radius 1 is 1.40 bits per heavy atom. The summed E-state index contributed by atoms with van der Waals surface area (Å²) in [5.74, 6) is 0.859. The minimum Gasteiger partial charge on any atom is -0.491 e. The van der Waals surface area contributed by atoms with E-state index in [1.165, 1.54) is 37.8 Å². The van der Waals surface area contributed by atoms with Gasteiger partial charge in [-0.2, -0.15) is 0 Å². The number of hydrogen-bond acceptors (Lipinski definition) is 3. The summed E-state index contributed by atoms with van der Waals surface area (Å²) >= 11 is 0. The predicted octanol–water partition coefficient (Wildman–Crippen LogP) is 3.17. The van der Waals surface area contributed by atoms with Gasteiger partial charge in [-0.15, -0.1) is 0 Å². The minimum absolute atomic E-state index is 0.238. The first kappa shape index (κ1) is 15.3. The summed E-state index contributed by atoms with van der Waals surface area (Å²) in [6.07, 6.45) is 5.27. The highest BCUT2D eigenvalue weighted by molar-refractivity contribution is 5.36. The van der Waals surface area contributed by atoms with Crippen molar-refractivity contribution in [2.24, 2.45) is 11.7 Å². The number of rotatable bonds is 6. The third-order valence-electron chi connectivity index (χ3n) is 3.97. The largest absolute Gasteiger partial charge is 0.491 e. The molecule has 0 saturated heterocycles.